The van der Waals surface area contributed by atoms with Crippen molar-refractivity contribution in [3.8, 4) is 0 Å². The number of para-hydroxylation sites is 2. The van der Waals surface area contributed by atoms with E-state index in [2.05, 4.69) is 5.32 Å². The monoisotopic (exact) mass is 312 g/mol. The first-order valence-corrected chi connectivity index (χ1v) is 6.48. The Balaban J connectivity index is 0.000000167. The number of rotatable bonds is 2. The van der Waals surface area contributed by atoms with Crippen molar-refractivity contribution in [2.75, 3.05) is 11.1 Å². The average Bonchev–Trinajstić information content (AvgIpc) is 2.83. The van der Waals surface area contributed by atoms with E-state index >= 15 is 0 Å². The van der Waals surface area contributed by atoms with Gasteiger partial charge in [0.25, 0.3) is 17.5 Å². The van der Waals surface area contributed by atoms with Crippen LogP contribution in [0.2, 0.25) is 0 Å². The van der Waals surface area contributed by atoms with E-state index in [4.69, 9.17) is 10.8 Å². The van der Waals surface area contributed by atoms with Gasteiger partial charge >= 0.3 is 5.97 Å². The van der Waals surface area contributed by atoms with Crippen LogP contribution < -0.4 is 11.1 Å². The minimum absolute atomic E-state index is 0.0324. The molecule has 1 amide bonds. The summed E-state index contributed by atoms with van der Waals surface area (Å²) >= 11 is 0. The zero-order chi connectivity index (χ0) is 17.0. The van der Waals surface area contributed by atoms with E-state index < -0.39 is 23.4 Å². The van der Waals surface area contributed by atoms with E-state index in [0.717, 1.165) is 0 Å². The molecule has 0 aromatic heterocycles. The number of aliphatic carboxylic acids is 1. The largest absolute Gasteiger partial charge is 0.475 e. The molecule has 7 nitrogen and oxygen atoms in total. The Morgan fingerprint density at radius 2 is 1.57 bits per heavy atom. The van der Waals surface area contributed by atoms with E-state index in [9.17, 15) is 19.2 Å². The van der Waals surface area contributed by atoms with Crippen LogP contribution in [0.3, 0.4) is 0 Å². The Bertz CT molecular complexity index is 814. The number of hydrogen-bond donors (Lipinski definition) is 3. The molecule has 2 aromatic carbocycles. The molecule has 0 spiro atoms. The first-order chi connectivity index (χ1) is 10.9. The number of carbonyl (C=O) groups excluding carboxylic acids is 3. The Hall–Kier alpha value is -3.48. The topological polar surface area (TPSA) is 127 Å². The molecule has 0 saturated heterocycles. The summed E-state index contributed by atoms with van der Waals surface area (Å²) in [7, 11) is 0. The van der Waals surface area contributed by atoms with Crippen LogP contribution in [0, 0.1) is 0 Å². The van der Waals surface area contributed by atoms with Crippen molar-refractivity contribution in [3.63, 3.8) is 0 Å². The number of nitrogens with two attached hydrogens (primary N) is 1. The van der Waals surface area contributed by atoms with Gasteiger partial charge in [0.2, 0.25) is 0 Å². The summed E-state index contributed by atoms with van der Waals surface area (Å²) in [6, 6.07) is 12.9. The van der Waals surface area contributed by atoms with Crippen LogP contribution in [0.15, 0.2) is 48.5 Å². The summed E-state index contributed by atoms with van der Waals surface area (Å²) in [6.45, 7) is 0. The van der Waals surface area contributed by atoms with Crippen LogP contribution in [-0.4, -0.2) is 28.5 Å². The van der Waals surface area contributed by atoms with E-state index in [0.29, 0.717) is 11.3 Å². The third-order valence-corrected chi connectivity index (χ3v) is 3.03. The van der Waals surface area contributed by atoms with Crippen molar-refractivity contribution in [1.82, 2.24) is 0 Å². The number of fused-ring (bicyclic) bond motifs is 1. The summed E-state index contributed by atoms with van der Waals surface area (Å²) in [6.07, 6.45) is 0. The number of nitrogens with one attached hydrogen (secondary N) is 1. The number of ketones is 2. The fourth-order valence-electron chi connectivity index (χ4n) is 1.91. The molecule has 1 aliphatic heterocycles. The molecule has 23 heavy (non-hydrogen) atoms. The number of anilines is 2. The smallest absolute Gasteiger partial charge is 0.377 e. The van der Waals surface area contributed by atoms with Gasteiger partial charge in [-0.2, -0.15) is 0 Å². The lowest BCUT2D eigenvalue weighted by atomic mass is 10.1. The van der Waals surface area contributed by atoms with E-state index in [1.807, 2.05) is 0 Å². The fraction of sp³-hybridized carbons (Fsp3) is 0. The van der Waals surface area contributed by atoms with Crippen molar-refractivity contribution < 1.29 is 24.3 Å². The van der Waals surface area contributed by atoms with Gasteiger partial charge in [-0.05, 0) is 24.3 Å². The molecule has 7 heteroatoms. The number of amides is 1. The maximum atomic E-state index is 11.0. The second kappa shape index (κ2) is 6.52. The number of carbonyl (C=O) groups is 4. The van der Waals surface area contributed by atoms with Crippen molar-refractivity contribution in [3.05, 3.63) is 59.7 Å². The zero-order valence-electron chi connectivity index (χ0n) is 11.8. The van der Waals surface area contributed by atoms with Gasteiger partial charge in [0.05, 0.1) is 16.8 Å². The van der Waals surface area contributed by atoms with Gasteiger partial charge in [0, 0.05) is 5.69 Å². The van der Waals surface area contributed by atoms with Crippen LogP contribution in [0.25, 0.3) is 0 Å². The van der Waals surface area contributed by atoms with Crippen LogP contribution in [0.5, 0.6) is 0 Å². The van der Waals surface area contributed by atoms with E-state index in [1.165, 1.54) is 12.1 Å². The van der Waals surface area contributed by atoms with Crippen LogP contribution in [-0.2, 0) is 9.59 Å². The highest BCUT2D eigenvalue weighted by Gasteiger charge is 2.26. The molecule has 0 atom stereocenters. The fourth-order valence-corrected chi connectivity index (χ4v) is 1.91. The van der Waals surface area contributed by atoms with Gasteiger partial charge < -0.3 is 16.2 Å². The molecule has 1 aliphatic rings. The summed E-state index contributed by atoms with van der Waals surface area (Å²) in [5.74, 6) is -3.45. The first kappa shape index (κ1) is 15.9. The Morgan fingerprint density at radius 1 is 0.957 bits per heavy atom. The number of nitrogen functional groups attached to an aromatic ring is 1. The highest BCUT2D eigenvalue weighted by atomic mass is 16.4. The molecule has 2 aromatic rings. The number of benzene rings is 2. The lowest BCUT2D eigenvalue weighted by Crippen LogP contribution is -2.14. The van der Waals surface area contributed by atoms with Crippen LogP contribution >= 0.6 is 0 Å². The molecule has 0 radical (unpaired) electrons. The molecule has 4 N–H and O–H groups in total. The number of carboxylic acid groups (broad SMARTS) is 1. The SMILES string of the molecule is Nc1ccccc1C(=O)C(=O)O.O=C1Nc2ccccc2C1=O. The van der Waals surface area contributed by atoms with Crippen molar-refractivity contribution >= 4 is 34.8 Å². The molecule has 0 bridgehead atoms. The first-order valence-electron chi connectivity index (χ1n) is 6.48. The number of carboxylic acids is 1. The predicted octanol–water partition coefficient (Wildman–Crippen LogP) is 1.36. The standard InChI is InChI=1S/C8H7NO3.C8H5NO2/c9-6-4-2-1-3-5(6)7(10)8(11)12;10-7-5-3-1-2-4-6(5)9-8(7)11/h1-4H,9H2,(H,11,12);1-4H,(H,9,10,11). The average molecular weight is 312 g/mol. The van der Waals surface area contributed by atoms with Gasteiger partial charge in [-0.25, -0.2) is 4.79 Å². The second-order valence-electron chi connectivity index (χ2n) is 4.55. The van der Waals surface area contributed by atoms with Crippen LogP contribution in [0.4, 0.5) is 11.4 Å². The molecular weight excluding hydrogens is 300 g/mol. The molecule has 116 valence electrons. The molecule has 0 unspecified atom stereocenters. The Labute approximate surface area is 130 Å². The normalized spacial score (nSPS) is 11.8. The molecule has 1 heterocycles. The Morgan fingerprint density at radius 3 is 2.17 bits per heavy atom. The maximum Gasteiger partial charge on any atom is 0.377 e. The third kappa shape index (κ3) is 3.41. The molecule has 0 saturated carbocycles. The molecule has 0 aliphatic carbocycles. The third-order valence-electron chi connectivity index (χ3n) is 3.03. The van der Waals surface area contributed by atoms with E-state index in [-0.39, 0.29) is 11.3 Å². The van der Waals surface area contributed by atoms with Crippen molar-refractivity contribution in [1.29, 1.82) is 0 Å². The number of Topliss-reactive ketones (excluding diaryl/α,β-unsaturated/α-hetero) is 2. The van der Waals surface area contributed by atoms with E-state index in [1.54, 1.807) is 36.4 Å². The molecule has 0 fully saturated rings. The Kier molecular flexibility index (Phi) is 4.51. The zero-order valence-corrected chi connectivity index (χ0v) is 11.8. The molecule has 3 rings (SSSR count). The highest BCUT2D eigenvalue weighted by molar-refractivity contribution is 6.51. The lowest BCUT2D eigenvalue weighted by Gasteiger charge is -1.98. The predicted molar refractivity (Wildman–Crippen MR) is 82.2 cm³/mol. The molecular formula is C16H12N2O5. The summed E-state index contributed by atoms with van der Waals surface area (Å²) in [5, 5.41) is 10.8. The summed E-state index contributed by atoms with van der Waals surface area (Å²) in [5.41, 5.74) is 6.68. The number of hydrogen-bond acceptors (Lipinski definition) is 5. The minimum Gasteiger partial charge on any atom is -0.475 e. The maximum absolute atomic E-state index is 11.0. The van der Waals surface area contributed by atoms with Crippen LogP contribution in [0.1, 0.15) is 20.7 Å². The van der Waals surface area contributed by atoms with Gasteiger partial charge in [0.1, 0.15) is 0 Å². The van der Waals surface area contributed by atoms with Crippen molar-refractivity contribution in [2.45, 2.75) is 0 Å². The highest BCUT2D eigenvalue weighted by Crippen LogP contribution is 2.21. The van der Waals surface area contributed by atoms with Crippen molar-refractivity contribution in [2.24, 2.45) is 0 Å². The van der Waals surface area contributed by atoms with Gasteiger partial charge in [-0.1, -0.05) is 24.3 Å². The second-order valence-corrected chi connectivity index (χ2v) is 4.55. The summed E-state index contributed by atoms with van der Waals surface area (Å²) in [4.78, 5) is 42.9. The lowest BCUT2D eigenvalue weighted by molar-refractivity contribution is -0.131. The van der Waals surface area contributed by atoms with Gasteiger partial charge in [-0.15, -0.1) is 0 Å². The van der Waals surface area contributed by atoms with Gasteiger partial charge in [-0.3, -0.25) is 14.4 Å². The summed E-state index contributed by atoms with van der Waals surface area (Å²) < 4.78 is 0. The minimum atomic E-state index is -1.49. The van der Waals surface area contributed by atoms with Gasteiger partial charge in [0.15, 0.2) is 0 Å². The quantitative estimate of drug-likeness (QED) is 0.436.